The maximum atomic E-state index is 12.3. The molecule has 1 rings (SSSR count). The standard InChI is InChI=1S/C9H7F3N2O6/c1-19-8-7(20-9(10,11)12)6(14(17)18)4(3-13-8)2-5(15)16/h3H,2H2,1H3,(H,15,16). The van der Waals surface area contributed by atoms with Crippen LogP contribution in [0, 0.1) is 10.1 Å². The molecule has 1 heterocycles. The molecule has 0 bridgehead atoms. The molecule has 8 nitrogen and oxygen atoms in total. The van der Waals surface area contributed by atoms with Crippen molar-refractivity contribution in [2.24, 2.45) is 0 Å². The van der Waals surface area contributed by atoms with Crippen LogP contribution in [0.1, 0.15) is 5.56 Å². The highest BCUT2D eigenvalue weighted by molar-refractivity contribution is 5.73. The second kappa shape index (κ2) is 5.59. The topological polar surface area (TPSA) is 112 Å². The summed E-state index contributed by atoms with van der Waals surface area (Å²) < 4.78 is 44.7. The Hall–Kier alpha value is -2.59. The third-order valence-corrected chi connectivity index (χ3v) is 1.99. The molecule has 1 aromatic rings. The molecule has 0 aromatic carbocycles. The van der Waals surface area contributed by atoms with E-state index in [1.54, 1.807) is 0 Å². The van der Waals surface area contributed by atoms with Crippen molar-refractivity contribution in [1.82, 2.24) is 4.98 Å². The number of hydrogen-bond acceptors (Lipinski definition) is 6. The van der Waals surface area contributed by atoms with E-state index >= 15 is 0 Å². The number of rotatable bonds is 5. The number of alkyl halides is 3. The molecule has 1 aromatic heterocycles. The van der Waals surface area contributed by atoms with Crippen LogP contribution in [0.25, 0.3) is 0 Å². The van der Waals surface area contributed by atoms with Gasteiger partial charge in [0.15, 0.2) is 0 Å². The minimum Gasteiger partial charge on any atom is -0.481 e. The van der Waals surface area contributed by atoms with Gasteiger partial charge < -0.3 is 14.6 Å². The second-order valence-corrected chi connectivity index (χ2v) is 3.35. The molecule has 0 aliphatic carbocycles. The number of pyridine rings is 1. The Kier molecular flexibility index (Phi) is 4.32. The van der Waals surface area contributed by atoms with Crippen LogP contribution in [0.4, 0.5) is 18.9 Å². The average Bonchev–Trinajstić information content (AvgIpc) is 2.25. The summed E-state index contributed by atoms with van der Waals surface area (Å²) in [6.07, 6.45) is -5.36. The van der Waals surface area contributed by atoms with Crippen LogP contribution in [0.15, 0.2) is 6.20 Å². The van der Waals surface area contributed by atoms with Crippen molar-refractivity contribution in [1.29, 1.82) is 0 Å². The van der Waals surface area contributed by atoms with Crippen LogP contribution in [0.3, 0.4) is 0 Å². The van der Waals surface area contributed by atoms with Gasteiger partial charge in [0.25, 0.3) is 11.6 Å². The monoisotopic (exact) mass is 296 g/mol. The highest BCUT2D eigenvalue weighted by Crippen LogP contribution is 2.41. The number of ether oxygens (including phenoxy) is 2. The van der Waals surface area contributed by atoms with Crippen molar-refractivity contribution in [2.45, 2.75) is 12.8 Å². The maximum absolute atomic E-state index is 12.3. The maximum Gasteiger partial charge on any atom is 0.573 e. The van der Waals surface area contributed by atoms with Gasteiger partial charge in [0.05, 0.1) is 24.0 Å². The molecule has 0 unspecified atom stereocenters. The quantitative estimate of drug-likeness (QED) is 0.647. The Morgan fingerprint density at radius 3 is 2.55 bits per heavy atom. The number of aromatic nitrogens is 1. The Labute approximate surface area is 108 Å². The molecular formula is C9H7F3N2O6. The van der Waals surface area contributed by atoms with E-state index in [2.05, 4.69) is 14.5 Å². The highest BCUT2D eigenvalue weighted by atomic mass is 19.4. The number of halogens is 3. The molecule has 0 spiro atoms. The van der Waals surface area contributed by atoms with Gasteiger partial charge in [-0.25, -0.2) is 4.98 Å². The first kappa shape index (κ1) is 15.5. The molecule has 110 valence electrons. The molecule has 0 amide bonds. The molecule has 1 N–H and O–H groups in total. The number of hydrogen-bond donors (Lipinski definition) is 1. The van der Waals surface area contributed by atoms with Crippen LogP contribution in [0.2, 0.25) is 0 Å². The normalized spacial score (nSPS) is 11.0. The zero-order chi connectivity index (χ0) is 15.5. The van der Waals surface area contributed by atoms with Crippen molar-refractivity contribution in [3.05, 3.63) is 21.9 Å². The number of carboxylic acid groups (broad SMARTS) is 1. The molecule has 0 aliphatic heterocycles. The summed E-state index contributed by atoms with van der Waals surface area (Å²) in [7, 11) is 0.937. The molecular weight excluding hydrogens is 289 g/mol. The van der Waals surface area contributed by atoms with Crippen molar-refractivity contribution < 1.29 is 37.5 Å². The summed E-state index contributed by atoms with van der Waals surface area (Å²) in [4.78, 5) is 23.6. The fourth-order valence-electron chi connectivity index (χ4n) is 1.35. The zero-order valence-electron chi connectivity index (χ0n) is 9.80. The molecule has 0 atom stereocenters. The summed E-state index contributed by atoms with van der Waals surface area (Å²) in [6.45, 7) is 0. The molecule has 0 aliphatic rings. The van der Waals surface area contributed by atoms with Crippen molar-refractivity contribution in [2.75, 3.05) is 7.11 Å². The molecule has 0 saturated heterocycles. The van der Waals surface area contributed by atoms with E-state index in [0.717, 1.165) is 13.3 Å². The van der Waals surface area contributed by atoms with E-state index < -0.39 is 46.6 Å². The SMILES string of the molecule is COc1ncc(CC(=O)O)c([N+](=O)[O-])c1OC(F)(F)F. The minimum atomic E-state index is -5.22. The molecule has 0 radical (unpaired) electrons. The third-order valence-electron chi connectivity index (χ3n) is 1.99. The lowest BCUT2D eigenvalue weighted by atomic mass is 10.1. The Morgan fingerprint density at radius 2 is 2.15 bits per heavy atom. The smallest absolute Gasteiger partial charge is 0.481 e. The summed E-state index contributed by atoms with van der Waals surface area (Å²) >= 11 is 0. The molecule has 0 saturated carbocycles. The van der Waals surface area contributed by atoms with E-state index in [9.17, 15) is 28.1 Å². The number of methoxy groups -OCH3 is 1. The first-order chi connectivity index (χ1) is 9.15. The van der Waals surface area contributed by atoms with Crippen LogP contribution < -0.4 is 9.47 Å². The largest absolute Gasteiger partial charge is 0.573 e. The Bertz CT molecular complexity index is 545. The van der Waals surface area contributed by atoms with Gasteiger partial charge in [0.2, 0.25) is 0 Å². The Morgan fingerprint density at radius 1 is 1.55 bits per heavy atom. The average molecular weight is 296 g/mol. The van der Waals surface area contributed by atoms with Gasteiger partial charge in [-0.2, -0.15) is 0 Å². The number of aliphatic carboxylic acids is 1. The van der Waals surface area contributed by atoms with Gasteiger partial charge >= 0.3 is 18.0 Å². The van der Waals surface area contributed by atoms with Crippen molar-refractivity contribution >= 4 is 11.7 Å². The number of carboxylic acids is 1. The van der Waals surface area contributed by atoms with E-state index in [1.165, 1.54) is 0 Å². The fraction of sp³-hybridized carbons (Fsp3) is 0.333. The van der Waals surface area contributed by atoms with Gasteiger partial charge in [-0.1, -0.05) is 0 Å². The summed E-state index contributed by atoms with van der Waals surface area (Å²) in [5.41, 5.74) is -1.70. The first-order valence-electron chi connectivity index (χ1n) is 4.83. The van der Waals surface area contributed by atoms with Gasteiger partial charge in [-0.3, -0.25) is 14.9 Å². The van der Waals surface area contributed by atoms with Gasteiger partial charge in [0.1, 0.15) is 0 Å². The molecule has 11 heteroatoms. The molecule has 0 fully saturated rings. The fourth-order valence-corrected chi connectivity index (χ4v) is 1.35. The van der Waals surface area contributed by atoms with Crippen LogP contribution in [-0.4, -0.2) is 34.5 Å². The lowest BCUT2D eigenvalue weighted by molar-refractivity contribution is -0.389. The Balaban J connectivity index is 3.48. The summed E-state index contributed by atoms with van der Waals surface area (Å²) in [5, 5.41) is 19.4. The second-order valence-electron chi connectivity index (χ2n) is 3.35. The predicted octanol–water partition coefficient (Wildman–Crippen LogP) is 1.52. The first-order valence-corrected chi connectivity index (χ1v) is 4.83. The van der Waals surface area contributed by atoms with Crippen molar-refractivity contribution in [3.8, 4) is 11.6 Å². The van der Waals surface area contributed by atoms with E-state index in [4.69, 9.17) is 5.11 Å². The van der Waals surface area contributed by atoms with Crippen LogP contribution >= 0.6 is 0 Å². The third kappa shape index (κ3) is 3.70. The van der Waals surface area contributed by atoms with Crippen molar-refractivity contribution in [3.63, 3.8) is 0 Å². The lowest BCUT2D eigenvalue weighted by Crippen LogP contribution is -2.19. The van der Waals surface area contributed by atoms with E-state index in [-0.39, 0.29) is 0 Å². The predicted molar refractivity (Wildman–Crippen MR) is 55.5 cm³/mol. The highest BCUT2D eigenvalue weighted by Gasteiger charge is 2.38. The van der Waals surface area contributed by atoms with Gasteiger partial charge in [0, 0.05) is 6.20 Å². The summed E-state index contributed by atoms with van der Waals surface area (Å²) in [6, 6.07) is 0. The minimum absolute atomic E-state index is 0.539. The number of nitro groups is 1. The van der Waals surface area contributed by atoms with E-state index in [1.807, 2.05) is 0 Å². The van der Waals surface area contributed by atoms with Gasteiger partial charge in [-0.15, -0.1) is 13.2 Å². The molecule has 20 heavy (non-hydrogen) atoms. The lowest BCUT2D eigenvalue weighted by Gasteiger charge is -2.13. The zero-order valence-corrected chi connectivity index (χ0v) is 9.80. The summed E-state index contributed by atoms with van der Waals surface area (Å²) in [5.74, 6) is -3.54. The van der Waals surface area contributed by atoms with E-state index in [0.29, 0.717) is 0 Å². The van der Waals surface area contributed by atoms with Gasteiger partial charge in [-0.05, 0) is 0 Å². The number of nitrogens with zero attached hydrogens (tertiary/aromatic N) is 2. The van der Waals surface area contributed by atoms with Crippen LogP contribution in [0.5, 0.6) is 11.6 Å². The van der Waals surface area contributed by atoms with Crippen LogP contribution in [-0.2, 0) is 11.2 Å². The number of carbonyl (C=O) groups is 1.